The Kier molecular flexibility index (Phi) is 3.55. The van der Waals surface area contributed by atoms with E-state index >= 15 is 0 Å². The zero-order valence-corrected chi connectivity index (χ0v) is 11.3. The van der Waals surface area contributed by atoms with E-state index in [0.717, 1.165) is 17.6 Å². The lowest BCUT2D eigenvalue weighted by Crippen LogP contribution is -2.42. The maximum Gasteiger partial charge on any atom is 0.0343 e. The van der Waals surface area contributed by atoms with Gasteiger partial charge in [0.15, 0.2) is 0 Å². The lowest BCUT2D eigenvalue weighted by atomic mass is 9.69. The molecule has 0 radical (unpaired) electrons. The number of aryl methyl sites for hydroxylation is 1. The smallest absolute Gasteiger partial charge is 0.0343 e. The Hall–Kier alpha value is -0.540. The van der Waals surface area contributed by atoms with Crippen LogP contribution in [0.25, 0.3) is 0 Å². The Morgan fingerprint density at radius 3 is 2.69 bits per heavy atom. The molecule has 1 aromatic carbocycles. The molecule has 1 aliphatic rings. The van der Waals surface area contributed by atoms with Gasteiger partial charge in [0.1, 0.15) is 0 Å². The summed E-state index contributed by atoms with van der Waals surface area (Å²) in [6.07, 6.45) is 3.87. The van der Waals surface area contributed by atoms with Gasteiger partial charge in [-0.2, -0.15) is 0 Å². The molecule has 0 bridgehead atoms. The molecule has 3 heteroatoms. The second kappa shape index (κ2) is 4.76. The van der Waals surface area contributed by atoms with Gasteiger partial charge in [-0.1, -0.05) is 22.4 Å². The highest BCUT2D eigenvalue weighted by molar-refractivity contribution is 9.10. The molecule has 2 rings (SSSR count). The third-order valence-electron chi connectivity index (χ3n) is 3.67. The molecule has 0 unspecified atom stereocenters. The van der Waals surface area contributed by atoms with E-state index in [4.69, 9.17) is 5.73 Å². The minimum absolute atomic E-state index is 0.362. The van der Waals surface area contributed by atoms with Crippen molar-refractivity contribution in [2.24, 2.45) is 11.1 Å². The first-order valence-electron chi connectivity index (χ1n) is 5.85. The lowest BCUT2D eigenvalue weighted by molar-refractivity contribution is 0.163. The predicted molar refractivity (Wildman–Crippen MR) is 72.7 cm³/mol. The predicted octanol–water partition coefficient (Wildman–Crippen LogP) is 3.30. The van der Waals surface area contributed by atoms with Gasteiger partial charge in [-0.15, -0.1) is 0 Å². The second-order valence-corrected chi connectivity index (χ2v) is 5.73. The van der Waals surface area contributed by atoms with E-state index in [2.05, 4.69) is 46.4 Å². The van der Waals surface area contributed by atoms with E-state index in [0.29, 0.717) is 5.41 Å². The first-order valence-corrected chi connectivity index (χ1v) is 6.65. The molecule has 0 atom stereocenters. The van der Waals surface area contributed by atoms with Crippen molar-refractivity contribution in [3.63, 3.8) is 0 Å². The van der Waals surface area contributed by atoms with Gasteiger partial charge in [-0.05, 0) is 55.5 Å². The zero-order valence-electron chi connectivity index (χ0n) is 9.72. The molecule has 1 aliphatic carbocycles. The van der Waals surface area contributed by atoms with Gasteiger partial charge < -0.3 is 11.1 Å². The summed E-state index contributed by atoms with van der Waals surface area (Å²) in [5.74, 6) is 0. The molecule has 1 aromatic rings. The Bertz CT molecular complexity index is 367. The Balaban J connectivity index is 1.96. The van der Waals surface area contributed by atoms with Gasteiger partial charge in [0.25, 0.3) is 0 Å². The standard InChI is InChI=1S/C13H19BrN2/c1-10-7-11(3-4-12(10)14)16-9-13(8-15)5-2-6-13/h3-4,7,16H,2,5-6,8-9,15H2,1H3. The van der Waals surface area contributed by atoms with Crippen LogP contribution in [0.1, 0.15) is 24.8 Å². The van der Waals surface area contributed by atoms with E-state index < -0.39 is 0 Å². The molecule has 0 amide bonds. The number of hydrogen-bond donors (Lipinski definition) is 2. The highest BCUT2D eigenvalue weighted by Gasteiger charge is 2.35. The highest BCUT2D eigenvalue weighted by Crippen LogP contribution is 2.39. The average Bonchev–Trinajstić information content (AvgIpc) is 2.22. The molecule has 3 N–H and O–H groups in total. The number of benzene rings is 1. The average molecular weight is 283 g/mol. The van der Waals surface area contributed by atoms with Crippen LogP contribution in [-0.4, -0.2) is 13.1 Å². The van der Waals surface area contributed by atoms with Crippen molar-refractivity contribution in [1.29, 1.82) is 0 Å². The Morgan fingerprint density at radius 1 is 1.44 bits per heavy atom. The monoisotopic (exact) mass is 282 g/mol. The summed E-state index contributed by atoms with van der Waals surface area (Å²) in [4.78, 5) is 0. The molecule has 16 heavy (non-hydrogen) atoms. The zero-order chi connectivity index (χ0) is 11.6. The Morgan fingerprint density at radius 2 is 2.19 bits per heavy atom. The third-order valence-corrected chi connectivity index (χ3v) is 4.56. The van der Waals surface area contributed by atoms with Gasteiger partial charge in [0.05, 0.1) is 0 Å². The van der Waals surface area contributed by atoms with Crippen LogP contribution in [-0.2, 0) is 0 Å². The number of nitrogens with one attached hydrogen (secondary N) is 1. The minimum Gasteiger partial charge on any atom is -0.384 e. The van der Waals surface area contributed by atoms with E-state index in [1.807, 2.05) is 0 Å². The number of hydrogen-bond acceptors (Lipinski definition) is 2. The SMILES string of the molecule is Cc1cc(NCC2(CN)CCC2)ccc1Br. The summed E-state index contributed by atoms with van der Waals surface area (Å²) < 4.78 is 1.16. The summed E-state index contributed by atoms with van der Waals surface area (Å²) in [5, 5.41) is 3.51. The number of nitrogens with two attached hydrogens (primary N) is 1. The fourth-order valence-electron chi connectivity index (χ4n) is 2.17. The fourth-order valence-corrected chi connectivity index (χ4v) is 2.42. The van der Waals surface area contributed by atoms with E-state index in [9.17, 15) is 0 Å². The lowest BCUT2D eigenvalue weighted by Gasteiger charge is -2.41. The van der Waals surface area contributed by atoms with Gasteiger partial charge in [0.2, 0.25) is 0 Å². The van der Waals surface area contributed by atoms with Crippen LogP contribution < -0.4 is 11.1 Å². The van der Waals surface area contributed by atoms with Crippen LogP contribution in [0.3, 0.4) is 0 Å². The minimum atomic E-state index is 0.362. The largest absolute Gasteiger partial charge is 0.384 e. The summed E-state index contributed by atoms with van der Waals surface area (Å²) >= 11 is 3.51. The quantitative estimate of drug-likeness (QED) is 0.889. The highest BCUT2D eigenvalue weighted by atomic mass is 79.9. The maximum absolute atomic E-state index is 5.84. The van der Waals surface area contributed by atoms with Gasteiger partial charge >= 0.3 is 0 Å². The van der Waals surface area contributed by atoms with Crippen LogP contribution in [0.4, 0.5) is 5.69 Å². The molecule has 0 aromatic heterocycles. The topological polar surface area (TPSA) is 38.0 Å². The molecule has 0 spiro atoms. The molecule has 0 aliphatic heterocycles. The first kappa shape index (κ1) is 11.9. The molecule has 0 saturated heterocycles. The van der Waals surface area contributed by atoms with Crippen molar-refractivity contribution in [1.82, 2.24) is 0 Å². The fraction of sp³-hybridized carbons (Fsp3) is 0.538. The summed E-state index contributed by atoms with van der Waals surface area (Å²) in [5.41, 5.74) is 8.66. The normalized spacial score (nSPS) is 17.9. The molecule has 0 heterocycles. The van der Waals surface area contributed by atoms with Crippen LogP contribution in [0.2, 0.25) is 0 Å². The van der Waals surface area contributed by atoms with Crippen molar-refractivity contribution in [2.45, 2.75) is 26.2 Å². The molecule has 1 fully saturated rings. The molecule has 2 nitrogen and oxygen atoms in total. The third kappa shape index (κ3) is 2.41. The second-order valence-electron chi connectivity index (χ2n) is 4.88. The summed E-state index contributed by atoms with van der Waals surface area (Å²) in [6, 6.07) is 6.38. The van der Waals surface area contributed by atoms with Crippen molar-refractivity contribution in [2.75, 3.05) is 18.4 Å². The van der Waals surface area contributed by atoms with Gasteiger partial charge in [-0.3, -0.25) is 0 Å². The van der Waals surface area contributed by atoms with Crippen LogP contribution in [0.5, 0.6) is 0 Å². The van der Waals surface area contributed by atoms with E-state index in [1.54, 1.807) is 0 Å². The summed E-state index contributed by atoms with van der Waals surface area (Å²) in [6.45, 7) is 3.91. The van der Waals surface area contributed by atoms with E-state index in [-0.39, 0.29) is 0 Å². The molecule has 1 saturated carbocycles. The number of rotatable bonds is 4. The van der Waals surface area contributed by atoms with Gasteiger partial charge in [0, 0.05) is 16.7 Å². The summed E-state index contributed by atoms with van der Waals surface area (Å²) in [7, 11) is 0. The molecular weight excluding hydrogens is 264 g/mol. The number of halogens is 1. The maximum atomic E-state index is 5.84. The van der Waals surface area contributed by atoms with E-state index in [1.165, 1.54) is 30.5 Å². The van der Waals surface area contributed by atoms with Crippen LogP contribution >= 0.6 is 15.9 Å². The number of anilines is 1. The van der Waals surface area contributed by atoms with Crippen molar-refractivity contribution >= 4 is 21.6 Å². The Labute approximate surface area is 106 Å². The molecule has 88 valence electrons. The molecular formula is C13H19BrN2. The van der Waals surface area contributed by atoms with Crippen LogP contribution in [0.15, 0.2) is 22.7 Å². The van der Waals surface area contributed by atoms with Crippen molar-refractivity contribution < 1.29 is 0 Å². The van der Waals surface area contributed by atoms with Crippen molar-refractivity contribution in [3.05, 3.63) is 28.2 Å². The van der Waals surface area contributed by atoms with Gasteiger partial charge in [-0.25, -0.2) is 0 Å². The van der Waals surface area contributed by atoms with Crippen LogP contribution in [0, 0.1) is 12.3 Å². The van der Waals surface area contributed by atoms with Crippen molar-refractivity contribution in [3.8, 4) is 0 Å². The first-order chi connectivity index (χ1) is 7.65.